The lowest BCUT2D eigenvalue weighted by atomic mass is 10.1. The Bertz CT molecular complexity index is 1600. The summed E-state index contributed by atoms with van der Waals surface area (Å²) in [5.74, 6) is 1.24. The summed E-state index contributed by atoms with van der Waals surface area (Å²) in [6.45, 7) is 6.07. The lowest BCUT2D eigenvalue weighted by Crippen LogP contribution is -2.28. The van der Waals surface area contributed by atoms with Crippen molar-refractivity contribution in [1.29, 1.82) is 0 Å². The number of fused-ring (bicyclic) bond motifs is 1. The van der Waals surface area contributed by atoms with Crippen LogP contribution in [0.3, 0.4) is 0 Å². The number of carbonyl (C=O) groups is 1. The topological polar surface area (TPSA) is 59.8 Å². The first-order valence-corrected chi connectivity index (χ1v) is 13.5. The van der Waals surface area contributed by atoms with E-state index in [1.165, 1.54) is 11.1 Å². The number of nitrogens with one attached hydrogen (secondary N) is 1. The van der Waals surface area contributed by atoms with Crippen molar-refractivity contribution in [3.63, 3.8) is 0 Å². The van der Waals surface area contributed by atoms with Crippen molar-refractivity contribution in [3.8, 4) is 5.69 Å². The zero-order valence-corrected chi connectivity index (χ0v) is 22.5. The molecule has 0 saturated carbocycles. The quantitative estimate of drug-likeness (QED) is 0.223. The van der Waals surface area contributed by atoms with Gasteiger partial charge in [0.15, 0.2) is 11.0 Å². The van der Waals surface area contributed by atoms with E-state index in [0.717, 1.165) is 32.9 Å². The zero-order chi connectivity index (χ0) is 25.9. The lowest BCUT2D eigenvalue weighted by Gasteiger charge is -2.18. The van der Waals surface area contributed by atoms with E-state index in [-0.39, 0.29) is 5.91 Å². The molecular formula is C30H27ClN4OS. The van der Waals surface area contributed by atoms with Gasteiger partial charge >= 0.3 is 0 Å². The Kier molecular flexibility index (Phi) is 7.31. The molecular weight excluding hydrogens is 500 g/mol. The van der Waals surface area contributed by atoms with Crippen LogP contribution in [0.25, 0.3) is 16.5 Å². The molecule has 0 spiro atoms. The van der Waals surface area contributed by atoms with Crippen molar-refractivity contribution in [2.24, 2.45) is 0 Å². The number of amides is 1. The van der Waals surface area contributed by atoms with Gasteiger partial charge in [-0.2, -0.15) is 0 Å². The molecule has 1 aromatic heterocycles. The van der Waals surface area contributed by atoms with Gasteiger partial charge in [-0.25, -0.2) is 0 Å². The monoisotopic (exact) mass is 526 g/mol. The maximum atomic E-state index is 13.2. The van der Waals surface area contributed by atoms with Crippen molar-refractivity contribution < 1.29 is 4.79 Å². The minimum absolute atomic E-state index is 0.162. The van der Waals surface area contributed by atoms with Crippen LogP contribution in [0.4, 0.5) is 0 Å². The third-order valence-electron chi connectivity index (χ3n) is 6.44. The fraction of sp³-hybridized carbons (Fsp3) is 0.167. The first-order valence-electron chi connectivity index (χ1n) is 12.1. The Balaban J connectivity index is 1.47. The lowest BCUT2D eigenvalue weighted by molar-refractivity contribution is 0.0938. The number of aromatic nitrogens is 3. The number of carbonyl (C=O) groups excluding carboxylic acids is 1. The summed E-state index contributed by atoms with van der Waals surface area (Å²) in [5.41, 5.74) is 5.01. The Labute approximate surface area is 225 Å². The van der Waals surface area contributed by atoms with E-state index < -0.39 is 6.04 Å². The first kappa shape index (κ1) is 25.1. The van der Waals surface area contributed by atoms with Crippen LogP contribution in [0, 0.1) is 13.8 Å². The van der Waals surface area contributed by atoms with Crippen molar-refractivity contribution >= 4 is 40.0 Å². The van der Waals surface area contributed by atoms with Crippen molar-refractivity contribution in [3.05, 3.63) is 118 Å². The van der Waals surface area contributed by atoms with Crippen LogP contribution in [0.2, 0.25) is 5.02 Å². The SMILES string of the molecule is Cc1ccccc1CSc1nnc(C(C)NC(=O)c2ccc3ccccc3c2)n1-c1cc(Cl)ccc1C. The van der Waals surface area contributed by atoms with E-state index in [0.29, 0.717) is 16.4 Å². The highest BCUT2D eigenvalue weighted by molar-refractivity contribution is 7.98. The molecule has 0 fully saturated rings. The van der Waals surface area contributed by atoms with Crippen LogP contribution in [0.1, 0.15) is 45.8 Å². The third-order valence-corrected chi connectivity index (χ3v) is 7.65. The van der Waals surface area contributed by atoms with Crippen molar-refractivity contribution in [1.82, 2.24) is 20.1 Å². The van der Waals surface area contributed by atoms with E-state index in [9.17, 15) is 4.79 Å². The number of hydrogen-bond donors (Lipinski definition) is 1. The summed E-state index contributed by atoms with van der Waals surface area (Å²) in [5, 5.41) is 15.7. The molecule has 1 atom stereocenters. The van der Waals surface area contributed by atoms with Gasteiger partial charge in [0, 0.05) is 16.3 Å². The predicted molar refractivity (Wildman–Crippen MR) is 152 cm³/mol. The number of nitrogens with zero attached hydrogens (tertiary/aromatic N) is 3. The minimum atomic E-state index is -0.391. The van der Waals surface area contributed by atoms with Crippen LogP contribution in [-0.4, -0.2) is 20.7 Å². The van der Waals surface area contributed by atoms with E-state index in [4.69, 9.17) is 11.6 Å². The van der Waals surface area contributed by atoms with Crippen LogP contribution in [0.5, 0.6) is 0 Å². The molecule has 4 aromatic carbocycles. The molecule has 1 heterocycles. The molecule has 1 amide bonds. The fourth-order valence-corrected chi connectivity index (χ4v) is 5.49. The van der Waals surface area contributed by atoms with Crippen LogP contribution >= 0.6 is 23.4 Å². The number of thioether (sulfide) groups is 1. The van der Waals surface area contributed by atoms with Gasteiger partial charge in [-0.15, -0.1) is 10.2 Å². The molecule has 5 rings (SSSR count). The molecule has 1 N–H and O–H groups in total. The summed E-state index contributed by atoms with van der Waals surface area (Å²) >= 11 is 8.01. The molecule has 186 valence electrons. The number of halogens is 1. The largest absolute Gasteiger partial charge is 0.342 e. The number of rotatable bonds is 7. The first-order chi connectivity index (χ1) is 17.9. The summed E-state index contributed by atoms with van der Waals surface area (Å²) in [7, 11) is 0. The average molecular weight is 527 g/mol. The van der Waals surface area contributed by atoms with Crippen molar-refractivity contribution in [2.75, 3.05) is 0 Å². The van der Waals surface area contributed by atoms with E-state index >= 15 is 0 Å². The van der Waals surface area contributed by atoms with Crippen LogP contribution in [-0.2, 0) is 5.75 Å². The van der Waals surface area contributed by atoms with Gasteiger partial charge < -0.3 is 5.32 Å². The Morgan fingerprint density at radius 3 is 2.49 bits per heavy atom. The van der Waals surface area contributed by atoms with Gasteiger partial charge in [-0.3, -0.25) is 9.36 Å². The summed E-state index contributed by atoms with van der Waals surface area (Å²) in [4.78, 5) is 13.2. The fourth-order valence-electron chi connectivity index (χ4n) is 4.29. The Morgan fingerprint density at radius 2 is 1.68 bits per heavy atom. The maximum absolute atomic E-state index is 13.2. The molecule has 0 aliphatic heterocycles. The second-order valence-electron chi connectivity index (χ2n) is 9.08. The Hall–Kier alpha value is -3.61. The van der Waals surface area contributed by atoms with Gasteiger partial charge in [0.05, 0.1) is 11.7 Å². The molecule has 0 saturated heterocycles. The second-order valence-corrected chi connectivity index (χ2v) is 10.5. The maximum Gasteiger partial charge on any atom is 0.251 e. The highest BCUT2D eigenvalue weighted by atomic mass is 35.5. The molecule has 5 nitrogen and oxygen atoms in total. The molecule has 0 radical (unpaired) electrons. The average Bonchev–Trinajstić information content (AvgIpc) is 3.33. The number of hydrogen-bond acceptors (Lipinski definition) is 4. The van der Waals surface area contributed by atoms with Crippen LogP contribution < -0.4 is 5.32 Å². The number of benzene rings is 4. The molecule has 7 heteroatoms. The van der Waals surface area contributed by atoms with E-state index in [2.05, 4.69) is 34.6 Å². The molecule has 0 aliphatic rings. The van der Waals surface area contributed by atoms with Gasteiger partial charge in [0.1, 0.15) is 0 Å². The third kappa shape index (κ3) is 5.41. The smallest absolute Gasteiger partial charge is 0.251 e. The normalized spacial score (nSPS) is 12.0. The van der Waals surface area contributed by atoms with Gasteiger partial charge in [0.25, 0.3) is 5.91 Å². The van der Waals surface area contributed by atoms with E-state index in [1.807, 2.05) is 91.2 Å². The van der Waals surface area contributed by atoms with Gasteiger partial charge in [-0.05, 0) is 72.5 Å². The molecule has 37 heavy (non-hydrogen) atoms. The molecule has 5 aromatic rings. The second kappa shape index (κ2) is 10.8. The van der Waals surface area contributed by atoms with E-state index in [1.54, 1.807) is 11.8 Å². The van der Waals surface area contributed by atoms with Crippen molar-refractivity contribution in [2.45, 2.75) is 37.7 Å². The summed E-state index contributed by atoms with van der Waals surface area (Å²) in [6.07, 6.45) is 0. The summed E-state index contributed by atoms with van der Waals surface area (Å²) < 4.78 is 2.01. The molecule has 1 unspecified atom stereocenters. The van der Waals surface area contributed by atoms with Gasteiger partial charge in [0.2, 0.25) is 0 Å². The minimum Gasteiger partial charge on any atom is -0.342 e. The standard InChI is InChI=1S/C30H27ClN4OS/c1-19-8-4-5-11-25(19)18-37-30-34-33-28(35(30)27-17-26(31)15-12-20(27)2)21(3)32-29(36)24-14-13-22-9-6-7-10-23(22)16-24/h4-17,21H,18H2,1-3H3,(H,32,36). The summed E-state index contributed by atoms with van der Waals surface area (Å²) in [6, 6.07) is 27.4. The number of aryl methyl sites for hydroxylation is 2. The zero-order valence-electron chi connectivity index (χ0n) is 20.9. The van der Waals surface area contributed by atoms with Crippen LogP contribution in [0.15, 0.2) is 90.1 Å². The molecule has 0 aliphatic carbocycles. The highest BCUT2D eigenvalue weighted by Gasteiger charge is 2.23. The van der Waals surface area contributed by atoms with Gasteiger partial charge in [-0.1, -0.05) is 84.0 Å². The molecule has 0 bridgehead atoms. The highest BCUT2D eigenvalue weighted by Crippen LogP contribution is 2.31. The Morgan fingerprint density at radius 1 is 0.919 bits per heavy atom. The predicted octanol–water partition coefficient (Wildman–Crippen LogP) is 7.47.